The molecule has 0 bridgehead atoms. The third-order valence-electron chi connectivity index (χ3n) is 5.84. The van der Waals surface area contributed by atoms with Crippen LogP contribution in [0.25, 0.3) is 0 Å². The number of aromatic nitrogens is 2. The topological polar surface area (TPSA) is 53.5 Å². The number of methoxy groups -OCH3 is 1. The molecule has 1 N–H and O–H groups in total. The van der Waals surface area contributed by atoms with Crippen LogP contribution in [0.1, 0.15) is 45.1 Å². The molecule has 2 aliphatic heterocycles. The highest BCUT2D eigenvalue weighted by Crippen LogP contribution is 2.22. The lowest BCUT2D eigenvalue weighted by Crippen LogP contribution is -2.50. The fourth-order valence-corrected chi connectivity index (χ4v) is 4.16. The Labute approximate surface area is 158 Å². The number of aryl methyl sites for hydroxylation is 2. The molecule has 0 amide bonds. The van der Waals surface area contributed by atoms with Crippen molar-refractivity contribution < 1.29 is 4.74 Å². The first-order valence-electron chi connectivity index (χ1n) is 10.1. The lowest BCUT2D eigenvalue weighted by atomic mass is 10.0. The summed E-state index contributed by atoms with van der Waals surface area (Å²) in [4.78, 5) is 14.1. The number of nitrogens with one attached hydrogen (secondary N) is 1. The van der Waals surface area contributed by atoms with E-state index in [1.165, 1.54) is 0 Å². The van der Waals surface area contributed by atoms with Gasteiger partial charge in [0.25, 0.3) is 0 Å². The largest absolute Gasteiger partial charge is 0.378 e. The Bertz CT molecular complexity index is 586. The molecule has 26 heavy (non-hydrogen) atoms. The van der Waals surface area contributed by atoms with Gasteiger partial charge in [-0.3, -0.25) is 4.90 Å². The monoisotopic (exact) mass is 361 g/mol. The van der Waals surface area contributed by atoms with Crippen LogP contribution in [0.15, 0.2) is 6.07 Å². The zero-order chi connectivity index (χ0) is 18.7. The summed E-state index contributed by atoms with van der Waals surface area (Å²) < 4.78 is 5.74. The van der Waals surface area contributed by atoms with Gasteiger partial charge in [0, 0.05) is 63.2 Å². The van der Waals surface area contributed by atoms with Crippen LogP contribution in [-0.2, 0) is 11.2 Å². The first-order valence-corrected chi connectivity index (χ1v) is 10.1. The molecule has 0 radical (unpaired) electrons. The predicted octanol–water partition coefficient (Wildman–Crippen LogP) is 2.01. The van der Waals surface area contributed by atoms with Gasteiger partial charge in [-0.25, -0.2) is 9.97 Å². The smallest absolute Gasteiger partial charge is 0.132 e. The van der Waals surface area contributed by atoms with Crippen molar-refractivity contribution in [2.75, 3.05) is 38.2 Å². The summed E-state index contributed by atoms with van der Waals surface area (Å²) >= 11 is 0. The fourth-order valence-electron chi connectivity index (χ4n) is 4.16. The first kappa shape index (κ1) is 19.5. The van der Waals surface area contributed by atoms with Crippen molar-refractivity contribution in [1.29, 1.82) is 0 Å². The van der Waals surface area contributed by atoms with E-state index in [1.54, 1.807) is 0 Å². The maximum absolute atomic E-state index is 5.74. The van der Waals surface area contributed by atoms with Crippen molar-refractivity contribution in [2.45, 2.75) is 71.2 Å². The second-order valence-corrected chi connectivity index (χ2v) is 7.97. The molecule has 2 aliphatic rings. The van der Waals surface area contributed by atoms with E-state index in [2.05, 4.69) is 51.9 Å². The molecule has 146 valence electrons. The Morgan fingerprint density at radius 2 is 1.96 bits per heavy atom. The first-order chi connectivity index (χ1) is 12.5. The van der Waals surface area contributed by atoms with Gasteiger partial charge >= 0.3 is 0 Å². The predicted molar refractivity (Wildman–Crippen MR) is 106 cm³/mol. The summed E-state index contributed by atoms with van der Waals surface area (Å²) in [7, 11) is 1.84. The molecule has 1 aromatic rings. The lowest BCUT2D eigenvalue weighted by molar-refractivity contribution is 0.0834. The lowest BCUT2D eigenvalue weighted by Gasteiger charge is -2.35. The molecular formula is C20H35N5O. The van der Waals surface area contributed by atoms with Crippen LogP contribution in [0.5, 0.6) is 0 Å². The van der Waals surface area contributed by atoms with Crippen molar-refractivity contribution in [1.82, 2.24) is 20.2 Å². The highest BCUT2D eigenvalue weighted by molar-refractivity contribution is 5.40. The molecule has 0 spiro atoms. The van der Waals surface area contributed by atoms with Gasteiger partial charge < -0.3 is 15.0 Å². The van der Waals surface area contributed by atoms with Gasteiger partial charge in [0.15, 0.2) is 0 Å². The Kier molecular flexibility index (Phi) is 6.48. The molecular weight excluding hydrogens is 326 g/mol. The molecule has 6 heteroatoms. The quantitative estimate of drug-likeness (QED) is 0.837. The number of piperidine rings is 1. The summed E-state index contributed by atoms with van der Waals surface area (Å²) in [5, 5.41) is 3.88. The molecule has 3 rings (SSSR count). The van der Waals surface area contributed by atoms with E-state index in [9.17, 15) is 0 Å². The number of nitrogens with zero attached hydrogens (tertiary/aromatic N) is 4. The number of rotatable bonds is 6. The minimum Gasteiger partial charge on any atom is -0.378 e. The van der Waals surface area contributed by atoms with E-state index >= 15 is 0 Å². The van der Waals surface area contributed by atoms with Gasteiger partial charge in [0.05, 0.1) is 6.10 Å². The molecule has 6 nitrogen and oxygen atoms in total. The molecule has 1 aromatic heterocycles. The molecule has 2 saturated heterocycles. The van der Waals surface area contributed by atoms with E-state index in [0.717, 1.165) is 62.8 Å². The highest BCUT2D eigenvalue weighted by atomic mass is 16.5. The number of likely N-dealkylation sites (tertiary alicyclic amines) is 1. The molecule has 0 saturated carbocycles. The third-order valence-corrected chi connectivity index (χ3v) is 5.84. The zero-order valence-corrected chi connectivity index (χ0v) is 17.0. The average molecular weight is 362 g/mol. The summed E-state index contributed by atoms with van der Waals surface area (Å²) in [5.74, 6) is 1.97. The van der Waals surface area contributed by atoms with Crippen molar-refractivity contribution in [3.63, 3.8) is 0 Å². The number of anilines is 1. The summed E-state index contributed by atoms with van der Waals surface area (Å²) in [6.45, 7) is 12.9. The minimum atomic E-state index is 0.298. The van der Waals surface area contributed by atoms with Gasteiger partial charge in [0.1, 0.15) is 11.6 Å². The normalized spacial score (nSPS) is 25.4. The van der Waals surface area contributed by atoms with Gasteiger partial charge in [-0.1, -0.05) is 6.92 Å². The van der Waals surface area contributed by atoms with Crippen LogP contribution in [-0.4, -0.2) is 72.4 Å². The minimum absolute atomic E-state index is 0.298. The Morgan fingerprint density at radius 1 is 1.23 bits per heavy atom. The standard InChI is InChI=1S/C20H35N5O/c1-6-16-11-20(22-15(4)21-16)24-9-7-17(8-10-24)23-18-12-25(14(2)3)13-19(18)26-5/h11,14,17-19,23H,6-10,12-13H2,1-5H3/t18-,19-/m0/s1. The SMILES string of the molecule is CCc1cc(N2CCC(N[C@H]3CN(C(C)C)C[C@@H]3OC)CC2)nc(C)n1. The Balaban J connectivity index is 1.55. The maximum atomic E-state index is 5.74. The van der Waals surface area contributed by atoms with Crippen LogP contribution in [0.3, 0.4) is 0 Å². The van der Waals surface area contributed by atoms with E-state index in [-0.39, 0.29) is 0 Å². The van der Waals surface area contributed by atoms with Crippen molar-refractivity contribution in [3.05, 3.63) is 17.6 Å². The zero-order valence-electron chi connectivity index (χ0n) is 17.0. The van der Waals surface area contributed by atoms with Crippen LogP contribution in [0.4, 0.5) is 5.82 Å². The third kappa shape index (κ3) is 4.53. The van der Waals surface area contributed by atoms with Crippen molar-refractivity contribution >= 4 is 5.82 Å². The van der Waals surface area contributed by atoms with Gasteiger partial charge in [0.2, 0.25) is 0 Å². The van der Waals surface area contributed by atoms with Gasteiger partial charge in [-0.2, -0.15) is 0 Å². The van der Waals surface area contributed by atoms with Gasteiger partial charge in [-0.15, -0.1) is 0 Å². The highest BCUT2D eigenvalue weighted by Gasteiger charge is 2.35. The number of hydrogen-bond donors (Lipinski definition) is 1. The fraction of sp³-hybridized carbons (Fsp3) is 0.800. The summed E-state index contributed by atoms with van der Waals surface area (Å²) in [6.07, 6.45) is 3.56. The number of ether oxygens (including phenoxy) is 1. The molecule has 0 aromatic carbocycles. The molecule has 3 heterocycles. The summed E-state index contributed by atoms with van der Waals surface area (Å²) in [6, 6.07) is 3.73. The van der Waals surface area contributed by atoms with Crippen LogP contribution in [0, 0.1) is 6.92 Å². The summed E-state index contributed by atoms with van der Waals surface area (Å²) in [5.41, 5.74) is 1.13. The van der Waals surface area contributed by atoms with Crippen LogP contribution in [0.2, 0.25) is 0 Å². The van der Waals surface area contributed by atoms with Crippen LogP contribution >= 0.6 is 0 Å². The second kappa shape index (κ2) is 8.63. The Morgan fingerprint density at radius 3 is 2.58 bits per heavy atom. The van der Waals surface area contributed by atoms with Crippen molar-refractivity contribution in [3.8, 4) is 0 Å². The van der Waals surface area contributed by atoms with E-state index in [4.69, 9.17) is 4.74 Å². The molecule has 0 aliphatic carbocycles. The van der Waals surface area contributed by atoms with E-state index < -0.39 is 0 Å². The molecule has 2 fully saturated rings. The van der Waals surface area contributed by atoms with E-state index in [1.807, 2.05) is 14.0 Å². The average Bonchev–Trinajstić information content (AvgIpc) is 3.05. The second-order valence-electron chi connectivity index (χ2n) is 7.97. The molecule has 0 unspecified atom stereocenters. The Hall–Kier alpha value is -1.24. The van der Waals surface area contributed by atoms with Crippen LogP contribution < -0.4 is 10.2 Å². The maximum Gasteiger partial charge on any atom is 0.132 e. The van der Waals surface area contributed by atoms with Gasteiger partial charge in [-0.05, 0) is 40.0 Å². The van der Waals surface area contributed by atoms with E-state index in [0.29, 0.717) is 24.2 Å². The van der Waals surface area contributed by atoms with Crippen molar-refractivity contribution in [2.24, 2.45) is 0 Å². The number of hydrogen-bond acceptors (Lipinski definition) is 6. The molecule has 2 atom stereocenters.